The third kappa shape index (κ3) is 4.71. The van der Waals surface area contributed by atoms with Crippen molar-refractivity contribution in [1.29, 1.82) is 0 Å². The first-order valence-electron chi connectivity index (χ1n) is 6.34. The molecule has 5 nitrogen and oxygen atoms in total. The Morgan fingerprint density at radius 2 is 1.95 bits per heavy atom. The number of carbonyl (C=O) groups excluding carboxylic acids is 1. The number of nitrogens with two attached hydrogens (primary N) is 1. The maximum absolute atomic E-state index is 12.3. The van der Waals surface area contributed by atoms with Gasteiger partial charge in [-0.15, -0.1) is 0 Å². The lowest BCUT2D eigenvalue weighted by Crippen LogP contribution is -2.39. The topological polar surface area (TPSA) is 83.6 Å². The monoisotopic (exact) mass is 264 g/mol. The summed E-state index contributed by atoms with van der Waals surface area (Å²) in [5.74, 6) is -1.44. The van der Waals surface area contributed by atoms with E-state index in [0.29, 0.717) is 18.7 Å². The van der Waals surface area contributed by atoms with Crippen molar-refractivity contribution in [3.63, 3.8) is 0 Å². The van der Waals surface area contributed by atoms with Gasteiger partial charge in [-0.3, -0.25) is 9.59 Å². The van der Waals surface area contributed by atoms with E-state index in [-0.39, 0.29) is 18.4 Å². The summed E-state index contributed by atoms with van der Waals surface area (Å²) in [7, 11) is 0. The van der Waals surface area contributed by atoms with Crippen molar-refractivity contribution in [3.05, 3.63) is 30.3 Å². The molecule has 1 unspecified atom stereocenters. The number of carbonyl (C=O) groups is 2. The average molecular weight is 264 g/mol. The second-order valence-corrected chi connectivity index (χ2v) is 4.49. The van der Waals surface area contributed by atoms with E-state index in [0.717, 1.165) is 6.42 Å². The average Bonchev–Trinajstić information content (AvgIpc) is 2.42. The van der Waals surface area contributed by atoms with Crippen LogP contribution < -0.4 is 10.6 Å². The Balaban J connectivity index is 2.85. The SMILES string of the molecule is CC(CCCN)C(=O)N(CC(=O)O)c1ccccc1. The second-order valence-electron chi connectivity index (χ2n) is 4.49. The fraction of sp³-hybridized carbons (Fsp3) is 0.429. The summed E-state index contributed by atoms with van der Waals surface area (Å²) < 4.78 is 0. The lowest BCUT2D eigenvalue weighted by atomic mass is 10.0. The summed E-state index contributed by atoms with van der Waals surface area (Å²) in [6.07, 6.45) is 1.42. The van der Waals surface area contributed by atoms with E-state index in [9.17, 15) is 9.59 Å². The first-order chi connectivity index (χ1) is 9.06. The Morgan fingerprint density at radius 3 is 2.47 bits per heavy atom. The minimum Gasteiger partial charge on any atom is -0.480 e. The highest BCUT2D eigenvalue weighted by molar-refractivity contribution is 5.98. The smallest absolute Gasteiger partial charge is 0.323 e. The van der Waals surface area contributed by atoms with Crippen molar-refractivity contribution >= 4 is 17.6 Å². The van der Waals surface area contributed by atoms with E-state index in [2.05, 4.69) is 0 Å². The van der Waals surface area contributed by atoms with Crippen molar-refractivity contribution in [2.75, 3.05) is 18.0 Å². The largest absolute Gasteiger partial charge is 0.480 e. The van der Waals surface area contributed by atoms with Crippen LogP contribution in [0.2, 0.25) is 0 Å². The molecule has 0 aromatic heterocycles. The van der Waals surface area contributed by atoms with E-state index in [1.54, 1.807) is 31.2 Å². The maximum Gasteiger partial charge on any atom is 0.323 e. The van der Waals surface area contributed by atoms with E-state index in [1.165, 1.54) is 4.90 Å². The summed E-state index contributed by atoms with van der Waals surface area (Å²) in [5, 5.41) is 8.94. The second kappa shape index (κ2) is 7.53. The molecule has 1 atom stereocenters. The zero-order valence-corrected chi connectivity index (χ0v) is 11.1. The summed E-state index contributed by atoms with van der Waals surface area (Å²) in [4.78, 5) is 24.5. The van der Waals surface area contributed by atoms with E-state index >= 15 is 0 Å². The number of benzene rings is 1. The normalized spacial score (nSPS) is 11.9. The molecule has 1 aromatic carbocycles. The minimum absolute atomic E-state index is 0.179. The molecule has 0 aliphatic carbocycles. The number of carboxylic acids is 1. The van der Waals surface area contributed by atoms with Crippen LogP contribution in [0.25, 0.3) is 0 Å². The van der Waals surface area contributed by atoms with Crippen molar-refractivity contribution in [2.24, 2.45) is 11.7 Å². The van der Waals surface area contributed by atoms with Gasteiger partial charge < -0.3 is 15.7 Å². The molecular weight excluding hydrogens is 244 g/mol. The molecular formula is C14H20N2O3. The third-order valence-electron chi connectivity index (χ3n) is 2.89. The molecule has 0 heterocycles. The maximum atomic E-state index is 12.3. The van der Waals surface area contributed by atoms with Crippen molar-refractivity contribution < 1.29 is 14.7 Å². The lowest BCUT2D eigenvalue weighted by Gasteiger charge is -2.24. The van der Waals surface area contributed by atoms with Gasteiger partial charge in [0.2, 0.25) is 5.91 Å². The molecule has 3 N–H and O–H groups in total. The van der Waals surface area contributed by atoms with Crippen LogP contribution in [0.5, 0.6) is 0 Å². The van der Waals surface area contributed by atoms with Crippen LogP contribution in [-0.4, -0.2) is 30.1 Å². The molecule has 0 spiro atoms. The first kappa shape index (κ1) is 15.2. The number of carboxylic acid groups (broad SMARTS) is 1. The van der Waals surface area contributed by atoms with Crippen LogP contribution in [0.4, 0.5) is 5.69 Å². The number of anilines is 1. The number of para-hydroxylation sites is 1. The molecule has 104 valence electrons. The molecule has 1 rings (SSSR count). The number of amides is 1. The lowest BCUT2D eigenvalue weighted by molar-refractivity contribution is -0.137. The van der Waals surface area contributed by atoms with E-state index in [4.69, 9.17) is 10.8 Å². The number of nitrogens with zero attached hydrogens (tertiary/aromatic N) is 1. The third-order valence-corrected chi connectivity index (χ3v) is 2.89. The molecule has 1 aromatic rings. The number of aliphatic carboxylic acids is 1. The standard InChI is InChI=1S/C14H20N2O3/c1-11(6-5-9-15)14(19)16(10-13(17)18)12-7-3-2-4-8-12/h2-4,7-8,11H,5-6,9-10,15H2,1H3,(H,17,18). The van der Waals surface area contributed by atoms with E-state index in [1.807, 2.05) is 6.07 Å². The Hall–Kier alpha value is -1.88. The van der Waals surface area contributed by atoms with Gasteiger partial charge in [0.05, 0.1) is 0 Å². The molecule has 0 radical (unpaired) electrons. The van der Waals surface area contributed by atoms with Crippen molar-refractivity contribution in [1.82, 2.24) is 0 Å². The van der Waals surface area contributed by atoms with Gasteiger partial charge in [-0.25, -0.2) is 0 Å². The molecule has 0 bridgehead atoms. The zero-order valence-electron chi connectivity index (χ0n) is 11.1. The predicted molar refractivity (Wildman–Crippen MR) is 73.9 cm³/mol. The fourth-order valence-electron chi connectivity index (χ4n) is 1.85. The summed E-state index contributed by atoms with van der Waals surface area (Å²) in [5.41, 5.74) is 6.03. The van der Waals surface area contributed by atoms with Crippen molar-refractivity contribution in [3.8, 4) is 0 Å². The fourth-order valence-corrected chi connectivity index (χ4v) is 1.85. The molecule has 0 saturated heterocycles. The van der Waals surface area contributed by atoms with Gasteiger partial charge in [-0.1, -0.05) is 25.1 Å². The van der Waals surface area contributed by atoms with Crippen LogP contribution in [0.15, 0.2) is 30.3 Å². The highest BCUT2D eigenvalue weighted by Gasteiger charge is 2.23. The van der Waals surface area contributed by atoms with Gasteiger partial charge in [0, 0.05) is 11.6 Å². The summed E-state index contributed by atoms with van der Waals surface area (Å²) >= 11 is 0. The van der Waals surface area contributed by atoms with Crippen LogP contribution in [0.1, 0.15) is 19.8 Å². The summed E-state index contributed by atoms with van der Waals surface area (Å²) in [6.45, 7) is 2.01. The van der Waals surface area contributed by atoms with Crippen LogP contribution in [0.3, 0.4) is 0 Å². The van der Waals surface area contributed by atoms with Crippen LogP contribution >= 0.6 is 0 Å². The molecule has 1 amide bonds. The molecule has 0 saturated carbocycles. The molecule has 0 aliphatic rings. The summed E-state index contributed by atoms with van der Waals surface area (Å²) in [6, 6.07) is 8.85. The molecule has 19 heavy (non-hydrogen) atoms. The van der Waals surface area contributed by atoms with Gasteiger partial charge in [-0.2, -0.15) is 0 Å². The zero-order chi connectivity index (χ0) is 14.3. The Kier molecular flexibility index (Phi) is 6.02. The quantitative estimate of drug-likeness (QED) is 0.781. The Labute approximate surface area is 113 Å². The van der Waals surface area contributed by atoms with Crippen molar-refractivity contribution in [2.45, 2.75) is 19.8 Å². The van der Waals surface area contributed by atoms with Gasteiger partial charge in [0.15, 0.2) is 0 Å². The number of hydrogen-bond acceptors (Lipinski definition) is 3. The number of hydrogen-bond donors (Lipinski definition) is 2. The van der Waals surface area contributed by atoms with Gasteiger partial charge >= 0.3 is 5.97 Å². The van der Waals surface area contributed by atoms with Gasteiger partial charge in [0.25, 0.3) is 0 Å². The van der Waals surface area contributed by atoms with Gasteiger partial charge in [-0.05, 0) is 31.5 Å². The Bertz CT molecular complexity index is 420. The molecule has 0 fully saturated rings. The van der Waals surface area contributed by atoms with E-state index < -0.39 is 5.97 Å². The van der Waals surface area contributed by atoms with Crippen LogP contribution in [-0.2, 0) is 9.59 Å². The predicted octanol–water partition coefficient (Wildman–Crippen LogP) is 1.48. The minimum atomic E-state index is -1.02. The highest BCUT2D eigenvalue weighted by Crippen LogP contribution is 2.18. The van der Waals surface area contributed by atoms with Gasteiger partial charge in [0.1, 0.15) is 6.54 Å². The Morgan fingerprint density at radius 1 is 1.32 bits per heavy atom. The number of rotatable bonds is 7. The molecule has 5 heteroatoms. The van der Waals surface area contributed by atoms with Crippen LogP contribution in [0, 0.1) is 5.92 Å². The first-order valence-corrected chi connectivity index (χ1v) is 6.34. The highest BCUT2D eigenvalue weighted by atomic mass is 16.4. The molecule has 0 aliphatic heterocycles.